The van der Waals surface area contributed by atoms with Gasteiger partial charge in [0.05, 0.1) is 22.2 Å². The molecule has 0 unspecified atom stereocenters. The van der Waals surface area contributed by atoms with Crippen LogP contribution in [0.5, 0.6) is 0 Å². The highest BCUT2D eigenvalue weighted by Gasteiger charge is 2.21. The molecule has 0 N–H and O–H groups in total. The minimum absolute atomic E-state index is 0.00261. The monoisotopic (exact) mass is 344 g/mol. The third-order valence-corrected chi connectivity index (χ3v) is 4.15. The van der Waals surface area contributed by atoms with Crippen LogP contribution in [0.2, 0.25) is 10.0 Å². The molecule has 106 valence electrons. The Balaban J connectivity index is 3.19. The van der Waals surface area contributed by atoms with Gasteiger partial charge in [-0.1, -0.05) is 37.0 Å². The van der Waals surface area contributed by atoms with Gasteiger partial charge in [0, 0.05) is 10.7 Å². The molecule has 0 heterocycles. The maximum absolute atomic E-state index is 11.8. The largest absolute Gasteiger partial charge is 0.462 e. The van der Waals surface area contributed by atoms with Crippen molar-refractivity contribution in [3.8, 4) is 0 Å². The van der Waals surface area contributed by atoms with Crippen LogP contribution in [0, 0.1) is 5.92 Å². The lowest BCUT2D eigenvalue weighted by atomic mass is 10.2. The molecule has 0 amide bonds. The second-order valence-corrected chi connectivity index (χ2v) is 7.54. The van der Waals surface area contributed by atoms with E-state index in [2.05, 4.69) is 0 Å². The fourth-order valence-corrected chi connectivity index (χ4v) is 3.01. The Morgan fingerprint density at radius 2 is 1.84 bits per heavy atom. The molecule has 1 aromatic carbocycles. The van der Waals surface area contributed by atoms with Crippen LogP contribution in [0.1, 0.15) is 24.2 Å². The number of hydrogen-bond donors (Lipinski definition) is 0. The lowest BCUT2D eigenvalue weighted by molar-refractivity contribution is 0.0459. The SMILES string of the molecule is CC(C)COC(=O)c1cc(S(=O)(=O)Cl)c(Cl)cc1Cl. The van der Waals surface area contributed by atoms with Gasteiger partial charge in [0.1, 0.15) is 4.90 Å². The first-order valence-electron chi connectivity index (χ1n) is 5.23. The third-order valence-electron chi connectivity index (χ3n) is 2.05. The van der Waals surface area contributed by atoms with E-state index in [0.29, 0.717) is 0 Å². The highest BCUT2D eigenvalue weighted by atomic mass is 35.7. The van der Waals surface area contributed by atoms with Crippen LogP contribution >= 0.6 is 33.9 Å². The summed E-state index contributed by atoms with van der Waals surface area (Å²) in [5.74, 6) is -0.580. The number of carbonyl (C=O) groups excluding carboxylic acids is 1. The summed E-state index contributed by atoms with van der Waals surface area (Å²) < 4.78 is 27.6. The maximum atomic E-state index is 11.8. The van der Waals surface area contributed by atoms with Crippen LogP contribution in [0.3, 0.4) is 0 Å². The first-order valence-corrected chi connectivity index (χ1v) is 8.30. The first kappa shape index (κ1) is 16.6. The topological polar surface area (TPSA) is 60.4 Å². The Morgan fingerprint density at radius 1 is 1.26 bits per heavy atom. The van der Waals surface area contributed by atoms with Gasteiger partial charge < -0.3 is 4.74 Å². The smallest absolute Gasteiger partial charge is 0.339 e. The molecule has 4 nitrogen and oxygen atoms in total. The predicted octanol–water partition coefficient (Wildman–Crippen LogP) is 3.73. The second kappa shape index (κ2) is 6.31. The van der Waals surface area contributed by atoms with Crippen molar-refractivity contribution in [3.63, 3.8) is 0 Å². The molecule has 0 radical (unpaired) electrons. The first-order chi connectivity index (χ1) is 8.62. The fourth-order valence-electron chi connectivity index (χ4n) is 1.19. The molecule has 0 atom stereocenters. The van der Waals surface area contributed by atoms with Gasteiger partial charge in [0.2, 0.25) is 0 Å². The Morgan fingerprint density at radius 3 is 2.32 bits per heavy atom. The lowest BCUT2D eigenvalue weighted by Crippen LogP contribution is -2.11. The van der Waals surface area contributed by atoms with E-state index >= 15 is 0 Å². The summed E-state index contributed by atoms with van der Waals surface area (Å²) in [6, 6.07) is 2.15. The molecular formula is C11H11Cl3O4S. The van der Waals surface area contributed by atoms with Crippen molar-refractivity contribution >= 4 is 48.9 Å². The molecule has 19 heavy (non-hydrogen) atoms. The zero-order valence-electron chi connectivity index (χ0n) is 10.1. The molecule has 0 saturated heterocycles. The number of carbonyl (C=O) groups is 1. The molecule has 0 spiro atoms. The summed E-state index contributed by atoms with van der Waals surface area (Å²) in [5.41, 5.74) is -0.0917. The second-order valence-electron chi connectivity index (χ2n) is 4.19. The zero-order chi connectivity index (χ0) is 14.8. The normalized spacial score (nSPS) is 11.7. The number of halogens is 3. The van der Waals surface area contributed by atoms with Crippen molar-refractivity contribution in [2.45, 2.75) is 18.7 Å². The molecule has 0 aliphatic heterocycles. The van der Waals surface area contributed by atoms with Gasteiger partial charge in [-0.2, -0.15) is 0 Å². The third kappa shape index (κ3) is 4.53. The Bertz CT molecular complexity index is 596. The number of rotatable bonds is 4. The van der Waals surface area contributed by atoms with E-state index in [1.54, 1.807) is 0 Å². The van der Waals surface area contributed by atoms with Crippen LogP contribution in [-0.2, 0) is 13.8 Å². The van der Waals surface area contributed by atoms with Crippen LogP contribution in [0.4, 0.5) is 0 Å². The quantitative estimate of drug-likeness (QED) is 0.616. The van der Waals surface area contributed by atoms with E-state index in [1.165, 1.54) is 0 Å². The van der Waals surface area contributed by atoms with Crippen molar-refractivity contribution in [1.29, 1.82) is 0 Å². The minimum atomic E-state index is -4.06. The van der Waals surface area contributed by atoms with E-state index in [9.17, 15) is 13.2 Å². The minimum Gasteiger partial charge on any atom is -0.462 e. The van der Waals surface area contributed by atoms with Gasteiger partial charge in [-0.3, -0.25) is 0 Å². The van der Waals surface area contributed by atoms with Crippen LogP contribution in [0.15, 0.2) is 17.0 Å². The maximum Gasteiger partial charge on any atom is 0.339 e. The highest BCUT2D eigenvalue weighted by molar-refractivity contribution is 8.13. The van der Waals surface area contributed by atoms with Gasteiger partial charge in [-0.25, -0.2) is 13.2 Å². The van der Waals surface area contributed by atoms with Crippen molar-refractivity contribution in [2.75, 3.05) is 6.61 Å². The van der Waals surface area contributed by atoms with E-state index in [1.807, 2.05) is 13.8 Å². The van der Waals surface area contributed by atoms with Crippen molar-refractivity contribution < 1.29 is 17.9 Å². The fraction of sp³-hybridized carbons (Fsp3) is 0.364. The molecule has 0 saturated carbocycles. The van der Waals surface area contributed by atoms with Gasteiger partial charge in [0.25, 0.3) is 9.05 Å². The molecule has 0 aromatic heterocycles. The molecule has 0 aliphatic carbocycles. The van der Waals surface area contributed by atoms with Crippen LogP contribution in [0.25, 0.3) is 0 Å². The molecule has 8 heteroatoms. The average Bonchev–Trinajstić information content (AvgIpc) is 2.24. The summed E-state index contributed by atoms with van der Waals surface area (Å²) in [4.78, 5) is 11.4. The molecule has 0 aliphatic rings. The summed E-state index contributed by atoms with van der Waals surface area (Å²) in [7, 11) is 1.15. The van der Waals surface area contributed by atoms with Gasteiger partial charge in [0.15, 0.2) is 0 Å². The predicted molar refractivity (Wildman–Crippen MR) is 74.6 cm³/mol. The molecular weight excluding hydrogens is 335 g/mol. The van der Waals surface area contributed by atoms with Crippen molar-refractivity contribution in [2.24, 2.45) is 5.92 Å². The van der Waals surface area contributed by atoms with Crippen molar-refractivity contribution in [1.82, 2.24) is 0 Å². The summed E-state index contributed by atoms with van der Waals surface area (Å²) in [6.07, 6.45) is 0. The van der Waals surface area contributed by atoms with E-state index in [4.69, 9.17) is 38.6 Å². The standard InChI is InChI=1S/C11H11Cl3O4S/c1-6(2)5-18-11(15)7-3-10(19(14,16)17)9(13)4-8(7)12/h3-4,6H,5H2,1-2H3. The Labute approximate surface area is 126 Å². The molecule has 0 bridgehead atoms. The van der Waals surface area contributed by atoms with E-state index in [0.717, 1.165) is 12.1 Å². The summed E-state index contributed by atoms with van der Waals surface area (Å²) in [5, 5.41) is -0.150. The molecule has 1 aromatic rings. The number of hydrogen-bond acceptors (Lipinski definition) is 4. The molecule has 1 rings (SSSR count). The summed E-state index contributed by atoms with van der Waals surface area (Å²) >= 11 is 11.6. The van der Waals surface area contributed by atoms with Crippen LogP contribution in [-0.4, -0.2) is 21.0 Å². The number of benzene rings is 1. The van der Waals surface area contributed by atoms with Gasteiger partial charge >= 0.3 is 5.97 Å². The zero-order valence-corrected chi connectivity index (χ0v) is 13.2. The Hall–Kier alpha value is -0.490. The van der Waals surface area contributed by atoms with Crippen LogP contribution < -0.4 is 0 Å². The number of esters is 1. The van der Waals surface area contributed by atoms with Crippen molar-refractivity contribution in [3.05, 3.63) is 27.7 Å². The average molecular weight is 346 g/mol. The Kier molecular flexibility index (Phi) is 5.50. The summed E-state index contributed by atoms with van der Waals surface area (Å²) in [6.45, 7) is 3.93. The van der Waals surface area contributed by atoms with Gasteiger partial charge in [-0.05, 0) is 18.1 Å². The van der Waals surface area contributed by atoms with Gasteiger partial charge in [-0.15, -0.1) is 0 Å². The number of ether oxygens (including phenoxy) is 1. The lowest BCUT2D eigenvalue weighted by Gasteiger charge is -2.10. The van der Waals surface area contributed by atoms with E-state index < -0.39 is 15.0 Å². The molecule has 0 fully saturated rings. The van der Waals surface area contributed by atoms with E-state index in [-0.39, 0.29) is 33.0 Å². The highest BCUT2D eigenvalue weighted by Crippen LogP contribution is 2.31.